The Morgan fingerprint density at radius 2 is 1.75 bits per heavy atom. The van der Waals surface area contributed by atoms with Crippen LogP contribution in [0.4, 0.5) is 11.4 Å². The van der Waals surface area contributed by atoms with Crippen molar-refractivity contribution < 1.29 is 9.66 Å². The third-order valence-electron chi connectivity index (χ3n) is 7.38. The lowest BCUT2D eigenvalue weighted by Gasteiger charge is -2.38. The van der Waals surface area contributed by atoms with Crippen LogP contribution >= 0.6 is 43.5 Å². The number of pyridine rings is 1. The molecule has 1 atom stereocenters. The van der Waals surface area contributed by atoms with Crippen molar-refractivity contribution in [1.29, 1.82) is 0 Å². The number of rotatable bonds is 5. The molecule has 0 spiro atoms. The molecule has 1 saturated heterocycles. The van der Waals surface area contributed by atoms with Crippen LogP contribution < -0.4 is 19.9 Å². The van der Waals surface area contributed by atoms with Gasteiger partial charge in [-0.25, -0.2) is 0 Å². The van der Waals surface area contributed by atoms with E-state index in [0.717, 1.165) is 68.5 Å². The zero-order valence-corrected chi connectivity index (χ0v) is 25.3. The second-order valence-corrected chi connectivity index (χ2v) is 11.8. The number of aromatic nitrogens is 1. The van der Waals surface area contributed by atoms with Gasteiger partial charge in [-0.2, -0.15) is 0 Å². The number of fused-ring (bicyclic) bond motifs is 2. The Morgan fingerprint density at radius 1 is 1.02 bits per heavy atom. The Labute approximate surface area is 253 Å². The number of hydrogen-bond donors (Lipinski definition) is 1. The Balaban J connectivity index is 1.26. The summed E-state index contributed by atoms with van der Waals surface area (Å²) in [5.74, 6) is 0.0975. The fourth-order valence-electron chi connectivity index (χ4n) is 5.50. The molecule has 1 unspecified atom stereocenters. The number of ether oxygens (including phenoxy) is 1. The van der Waals surface area contributed by atoms with Crippen LogP contribution in [0.3, 0.4) is 0 Å². The van der Waals surface area contributed by atoms with Crippen molar-refractivity contribution in [2.24, 2.45) is 0 Å². The number of hydrogen-bond acceptors (Lipinski definition) is 7. The molecule has 4 aromatic rings. The van der Waals surface area contributed by atoms with E-state index in [2.05, 4.69) is 58.0 Å². The standard InChI is InChI=1S/C29H24Br2ClN5O3/c1-33-29-27(37(38)39)26(22-14-18(30)15-23(31)28(22)40-29)17-2-5-20(6-3-17)35-10-12-36(13-11-35)25-8-9-34-24-16-19(32)4-7-21(24)25/h2-9,14-16,26,33H,10-13H2,1H3. The highest BCUT2D eigenvalue weighted by Gasteiger charge is 2.40. The van der Waals surface area contributed by atoms with E-state index in [1.54, 1.807) is 7.05 Å². The predicted molar refractivity (Wildman–Crippen MR) is 165 cm³/mol. The lowest BCUT2D eigenvalue weighted by atomic mass is 9.86. The van der Waals surface area contributed by atoms with Crippen LogP contribution in [0.1, 0.15) is 17.0 Å². The van der Waals surface area contributed by atoms with Gasteiger partial charge in [0.15, 0.2) is 0 Å². The molecule has 11 heteroatoms. The van der Waals surface area contributed by atoms with Crippen LogP contribution in [0.5, 0.6) is 5.75 Å². The molecule has 0 saturated carbocycles. The van der Waals surface area contributed by atoms with Crippen LogP contribution in [0, 0.1) is 10.1 Å². The SMILES string of the molecule is CNC1=C([N+](=O)[O-])C(c2ccc(N3CCN(c4ccnc5cc(Cl)ccc45)CC3)cc2)c2cc(Br)cc(Br)c2O1. The molecule has 2 aliphatic rings. The molecule has 0 bridgehead atoms. The monoisotopic (exact) mass is 683 g/mol. The summed E-state index contributed by atoms with van der Waals surface area (Å²) in [4.78, 5) is 21.1. The lowest BCUT2D eigenvalue weighted by molar-refractivity contribution is -0.432. The number of benzene rings is 3. The average Bonchev–Trinajstić information content (AvgIpc) is 2.96. The van der Waals surface area contributed by atoms with Crippen molar-refractivity contribution in [3.63, 3.8) is 0 Å². The molecular formula is C29H24Br2ClN5O3. The van der Waals surface area contributed by atoms with Gasteiger partial charge in [-0.1, -0.05) is 39.7 Å². The zero-order chi connectivity index (χ0) is 28.0. The summed E-state index contributed by atoms with van der Waals surface area (Å²) >= 11 is 13.2. The topological polar surface area (TPSA) is 83.8 Å². The van der Waals surface area contributed by atoms with Crippen molar-refractivity contribution in [1.82, 2.24) is 10.3 Å². The molecule has 3 heterocycles. The first-order chi connectivity index (χ1) is 19.3. The molecule has 3 aromatic carbocycles. The molecule has 0 radical (unpaired) electrons. The van der Waals surface area contributed by atoms with E-state index in [0.29, 0.717) is 10.8 Å². The summed E-state index contributed by atoms with van der Waals surface area (Å²) in [5, 5.41) is 16.9. The maximum atomic E-state index is 12.2. The summed E-state index contributed by atoms with van der Waals surface area (Å²) in [6.07, 6.45) is 1.83. The number of anilines is 2. The van der Waals surface area contributed by atoms with Gasteiger partial charge in [0.25, 0.3) is 5.88 Å². The first-order valence-corrected chi connectivity index (χ1v) is 14.7. The van der Waals surface area contributed by atoms with Crippen molar-refractivity contribution in [3.05, 3.63) is 114 Å². The Hall–Kier alpha value is -3.34. The lowest BCUT2D eigenvalue weighted by Crippen LogP contribution is -2.46. The van der Waals surface area contributed by atoms with Crippen LogP contribution in [0.25, 0.3) is 10.9 Å². The summed E-state index contributed by atoms with van der Waals surface area (Å²) in [5.41, 5.74) is 4.65. The molecule has 2 aliphatic heterocycles. The minimum absolute atomic E-state index is 0.0211. The average molecular weight is 686 g/mol. The largest absolute Gasteiger partial charge is 0.434 e. The molecule has 6 rings (SSSR count). The van der Waals surface area contributed by atoms with E-state index in [1.165, 1.54) is 0 Å². The maximum Gasteiger partial charge on any atom is 0.317 e. The Kier molecular flexibility index (Phi) is 7.33. The van der Waals surface area contributed by atoms with Crippen LogP contribution in [0.2, 0.25) is 5.02 Å². The highest BCUT2D eigenvalue weighted by atomic mass is 79.9. The number of piperazine rings is 1. The zero-order valence-electron chi connectivity index (χ0n) is 21.4. The van der Waals surface area contributed by atoms with Crippen molar-refractivity contribution in [2.75, 3.05) is 43.0 Å². The van der Waals surface area contributed by atoms with Gasteiger partial charge in [0.2, 0.25) is 0 Å². The highest BCUT2D eigenvalue weighted by Crippen LogP contribution is 2.47. The summed E-state index contributed by atoms with van der Waals surface area (Å²) in [7, 11) is 1.63. The van der Waals surface area contributed by atoms with Gasteiger partial charge in [-0.15, -0.1) is 0 Å². The fourth-order valence-corrected chi connectivity index (χ4v) is 7.01. The molecule has 1 aromatic heterocycles. The third kappa shape index (κ3) is 4.88. The van der Waals surface area contributed by atoms with E-state index >= 15 is 0 Å². The predicted octanol–water partition coefficient (Wildman–Crippen LogP) is 6.93. The van der Waals surface area contributed by atoms with Crippen LogP contribution in [-0.2, 0) is 0 Å². The summed E-state index contributed by atoms with van der Waals surface area (Å²) in [6.45, 7) is 3.42. The molecule has 1 fully saturated rings. The number of nitrogens with zero attached hydrogens (tertiary/aromatic N) is 4. The van der Waals surface area contributed by atoms with E-state index < -0.39 is 5.92 Å². The minimum Gasteiger partial charge on any atom is -0.434 e. The van der Waals surface area contributed by atoms with Gasteiger partial charge >= 0.3 is 5.70 Å². The van der Waals surface area contributed by atoms with E-state index in [-0.39, 0.29) is 16.5 Å². The van der Waals surface area contributed by atoms with Gasteiger partial charge in [0.05, 0.1) is 14.9 Å². The van der Waals surface area contributed by atoms with E-state index in [1.807, 2.05) is 60.8 Å². The highest BCUT2D eigenvalue weighted by molar-refractivity contribution is 9.11. The Bertz CT molecular complexity index is 1660. The van der Waals surface area contributed by atoms with Crippen LogP contribution in [-0.4, -0.2) is 43.1 Å². The van der Waals surface area contributed by atoms with Gasteiger partial charge < -0.3 is 19.9 Å². The van der Waals surface area contributed by atoms with Gasteiger partial charge in [-0.3, -0.25) is 15.1 Å². The van der Waals surface area contributed by atoms with Gasteiger partial charge in [-0.05, 0) is 70.0 Å². The number of allylic oxidation sites excluding steroid dienone is 1. The minimum atomic E-state index is -0.602. The third-order valence-corrected chi connectivity index (χ3v) is 8.66. The second-order valence-electron chi connectivity index (χ2n) is 9.62. The van der Waals surface area contributed by atoms with E-state index in [4.69, 9.17) is 16.3 Å². The van der Waals surface area contributed by atoms with Crippen molar-refractivity contribution in [3.8, 4) is 5.75 Å². The number of halogens is 3. The normalized spacial score (nSPS) is 17.1. The summed E-state index contributed by atoms with van der Waals surface area (Å²) in [6, 6.07) is 19.7. The van der Waals surface area contributed by atoms with Gasteiger partial charge in [0.1, 0.15) is 11.7 Å². The smallest absolute Gasteiger partial charge is 0.317 e. The quantitative estimate of drug-likeness (QED) is 0.180. The summed E-state index contributed by atoms with van der Waals surface area (Å²) < 4.78 is 7.45. The molecule has 8 nitrogen and oxygen atoms in total. The second kappa shape index (κ2) is 10.9. The first-order valence-electron chi connectivity index (χ1n) is 12.7. The molecule has 40 heavy (non-hydrogen) atoms. The van der Waals surface area contributed by atoms with Crippen LogP contribution in [0.15, 0.2) is 87.4 Å². The Morgan fingerprint density at radius 3 is 2.45 bits per heavy atom. The molecule has 204 valence electrons. The number of nitro groups is 1. The molecular weight excluding hydrogens is 662 g/mol. The number of nitrogens with one attached hydrogen (secondary N) is 1. The van der Waals surface area contributed by atoms with E-state index in [9.17, 15) is 10.1 Å². The molecule has 0 aliphatic carbocycles. The van der Waals surface area contributed by atoms with Crippen molar-refractivity contribution >= 4 is 65.7 Å². The molecule has 0 amide bonds. The molecule has 1 N–H and O–H groups in total. The maximum absolute atomic E-state index is 12.2. The first kappa shape index (κ1) is 26.9. The van der Waals surface area contributed by atoms with Gasteiger partial charge in [0, 0.05) is 71.2 Å². The fraction of sp³-hybridized carbons (Fsp3) is 0.207. The van der Waals surface area contributed by atoms with Crippen molar-refractivity contribution in [2.45, 2.75) is 5.92 Å².